The predicted molar refractivity (Wildman–Crippen MR) is 138 cm³/mol. The number of H-pyrrole nitrogens is 1. The van der Waals surface area contributed by atoms with Gasteiger partial charge in [-0.3, -0.25) is 4.79 Å². The average Bonchev–Trinajstić information content (AvgIpc) is 3.22. The second-order valence-electron chi connectivity index (χ2n) is 9.07. The number of amides is 1. The van der Waals surface area contributed by atoms with Crippen LogP contribution in [0.25, 0.3) is 21.9 Å². The van der Waals surface area contributed by atoms with Gasteiger partial charge < -0.3 is 24.6 Å². The van der Waals surface area contributed by atoms with Crippen molar-refractivity contribution in [1.29, 1.82) is 0 Å². The van der Waals surface area contributed by atoms with Crippen molar-refractivity contribution in [1.82, 2.24) is 10.3 Å². The summed E-state index contributed by atoms with van der Waals surface area (Å²) in [7, 11) is 0. The highest BCUT2D eigenvalue weighted by molar-refractivity contribution is 5.91. The molecule has 4 rings (SSSR count). The van der Waals surface area contributed by atoms with Crippen molar-refractivity contribution in [2.24, 2.45) is 0 Å². The van der Waals surface area contributed by atoms with Gasteiger partial charge in [-0.25, -0.2) is 9.59 Å². The highest BCUT2D eigenvalue weighted by Gasteiger charge is 2.24. The second kappa shape index (κ2) is 10.1. The first-order chi connectivity index (χ1) is 17.1. The third kappa shape index (κ3) is 5.17. The minimum absolute atomic E-state index is 0.0918. The van der Waals surface area contributed by atoms with Gasteiger partial charge in [-0.05, 0) is 61.2 Å². The number of aryl methyl sites for hydroxylation is 2. The number of benzene rings is 2. The topological polar surface area (TPSA) is 122 Å². The number of hydrogen-bond donors (Lipinski definition) is 3. The van der Waals surface area contributed by atoms with Crippen molar-refractivity contribution in [3.63, 3.8) is 0 Å². The molecule has 0 saturated carbocycles. The van der Waals surface area contributed by atoms with Crippen LogP contribution in [0.2, 0.25) is 0 Å². The summed E-state index contributed by atoms with van der Waals surface area (Å²) >= 11 is 0. The van der Waals surface area contributed by atoms with Gasteiger partial charge in [-0.1, -0.05) is 24.8 Å². The van der Waals surface area contributed by atoms with Crippen LogP contribution in [0.3, 0.4) is 0 Å². The maximum absolute atomic E-state index is 12.9. The van der Waals surface area contributed by atoms with Gasteiger partial charge in [-0.2, -0.15) is 0 Å². The fraction of sp³-hybridized carbons (Fsp3) is 0.250. The van der Waals surface area contributed by atoms with Gasteiger partial charge in [0.1, 0.15) is 24.0 Å². The molecule has 0 aliphatic rings. The monoisotopic (exact) mass is 488 g/mol. The molecular formula is C28H28N2O6. The van der Waals surface area contributed by atoms with Gasteiger partial charge in [0.05, 0.1) is 17.4 Å². The number of para-hydroxylation sites is 1. The maximum atomic E-state index is 12.9. The fourth-order valence-corrected chi connectivity index (χ4v) is 4.28. The molecule has 2 aromatic heterocycles. The molecule has 1 amide bonds. The molecule has 0 unspecified atom stereocenters. The summed E-state index contributed by atoms with van der Waals surface area (Å²) < 4.78 is 11.4. The van der Waals surface area contributed by atoms with Gasteiger partial charge in [0.2, 0.25) is 5.91 Å². The molecule has 4 aromatic rings. The van der Waals surface area contributed by atoms with Crippen molar-refractivity contribution in [3.05, 3.63) is 87.4 Å². The van der Waals surface area contributed by atoms with Crippen LogP contribution in [-0.4, -0.2) is 34.6 Å². The molecule has 2 heterocycles. The van der Waals surface area contributed by atoms with Gasteiger partial charge in [0.15, 0.2) is 0 Å². The molecule has 0 saturated heterocycles. The number of hydrogen-bond acceptors (Lipinski definition) is 5. The highest BCUT2D eigenvalue weighted by Crippen LogP contribution is 2.31. The zero-order chi connectivity index (χ0) is 26.0. The molecule has 1 atom stereocenters. The van der Waals surface area contributed by atoms with E-state index >= 15 is 0 Å². The van der Waals surface area contributed by atoms with Gasteiger partial charge in [-0.15, -0.1) is 0 Å². The predicted octanol–water partition coefficient (Wildman–Crippen LogP) is 4.20. The molecule has 2 aromatic carbocycles. The van der Waals surface area contributed by atoms with E-state index in [4.69, 9.17) is 9.15 Å². The van der Waals surface area contributed by atoms with Gasteiger partial charge in [0, 0.05) is 23.5 Å². The number of rotatable bonds is 9. The number of carbonyl (C=O) groups excluding carboxylic acids is 1. The quantitative estimate of drug-likeness (QED) is 0.240. The SMILES string of the molecule is C=C(C)COc1cc(C)cc2oc(=O)c(CC(=O)N[C@@H](Cc3c[nH]c4ccccc34)C(=O)O)c(C)c12. The van der Waals surface area contributed by atoms with Crippen LogP contribution in [0.4, 0.5) is 0 Å². The normalized spacial score (nSPS) is 12.0. The molecule has 8 heteroatoms. The summed E-state index contributed by atoms with van der Waals surface area (Å²) in [6, 6.07) is 9.94. The summed E-state index contributed by atoms with van der Waals surface area (Å²) in [6.45, 7) is 9.58. The van der Waals surface area contributed by atoms with E-state index in [-0.39, 0.29) is 18.4 Å². The Morgan fingerprint density at radius 2 is 1.97 bits per heavy atom. The largest absolute Gasteiger partial charge is 0.488 e. The minimum atomic E-state index is -1.17. The Bertz CT molecular complexity index is 1550. The van der Waals surface area contributed by atoms with E-state index in [1.807, 2.05) is 44.2 Å². The van der Waals surface area contributed by atoms with Crippen molar-refractivity contribution >= 4 is 33.7 Å². The molecular weight excluding hydrogens is 460 g/mol. The molecule has 3 N–H and O–H groups in total. The number of ether oxygens (including phenoxy) is 1. The van der Waals surface area contributed by atoms with Gasteiger partial charge in [0.25, 0.3) is 0 Å². The summed E-state index contributed by atoms with van der Waals surface area (Å²) in [5.41, 5.74) is 3.76. The number of carboxylic acid groups (broad SMARTS) is 1. The third-order valence-electron chi connectivity index (χ3n) is 6.03. The first-order valence-electron chi connectivity index (χ1n) is 11.5. The van der Waals surface area contributed by atoms with E-state index in [0.29, 0.717) is 28.9 Å². The van der Waals surface area contributed by atoms with E-state index in [9.17, 15) is 19.5 Å². The number of carbonyl (C=O) groups is 2. The smallest absolute Gasteiger partial charge is 0.340 e. The van der Waals surface area contributed by atoms with E-state index in [0.717, 1.165) is 27.6 Å². The summed E-state index contributed by atoms with van der Waals surface area (Å²) in [4.78, 5) is 40.7. The van der Waals surface area contributed by atoms with E-state index in [1.165, 1.54) is 0 Å². The molecule has 0 spiro atoms. The molecule has 0 radical (unpaired) electrons. The Balaban J connectivity index is 1.60. The lowest BCUT2D eigenvalue weighted by Gasteiger charge is -2.16. The summed E-state index contributed by atoms with van der Waals surface area (Å²) in [5.74, 6) is -1.23. The van der Waals surface area contributed by atoms with Crippen LogP contribution >= 0.6 is 0 Å². The van der Waals surface area contributed by atoms with Crippen LogP contribution in [0.5, 0.6) is 5.75 Å². The Morgan fingerprint density at radius 3 is 2.69 bits per heavy atom. The molecule has 186 valence electrons. The minimum Gasteiger partial charge on any atom is -0.488 e. The Labute approximate surface area is 207 Å². The van der Waals surface area contributed by atoms with Crippen molar-refractivity contribution in [3.8, 4) is 5.75 Å². The number of nitrogens with one attached hydrogen (secondary N) is 2. The van der Waals surface area contributed by atoms with E-state index < -0.39 is 23.5 Å². The number of carboxylic acids is 1. The van der Waals surface area contributed by atoms with Crippen LogP contribution in [-0.2, 0) is 22.4 Å². The maximum Gasteiger partial charge on any atom is 0.340 e. The Hall–Kier alpha value is -4.33. The molecule has 0 aliphatic carbocycles. The lowest BCUT2D eigenvalue weighted by Crippen LogP contribution is -2.43. The van der Waals surface area contributed by atoms with Crippen molar-refractivity contribution in [2.45, 2.75) is 39.7 Å². The van der Waals surface area contributed by atoms with Crippen LogP contribution in [0, 0.1) is 13.8 Å². The first kappa shape index (κ1) is 24.8. The summed E-state index contributed by atoms with van der Waals surface area (Å²) in [6.07, 6.45) is 1.51. The highest BCUT2D eigenvalue weighted by atomic mass is 16.5. The number of aliphatic carboxylic acids is 1. The lowest BCUT2D eigenvalue weighted by atomic mass is 10.0. The number of fused-ring (bicyclic) bond motifs is 2. The number of aromatic nitrogens is 1. The average molecular weight is 489 g/mol. The van der Waals surface area contributed by atoms with Crippen molar-refractivity contribution in [2.75, 3.05) is 6.61 Å². The standard InChI is InChI=1S/C28H28N2O6/c1-15(2)14-35-23-9-16(3)10-24-26(23)17(4)20(28(34)36-24)12-25(31)30-22(27(32)33)11-18-13-29-21-8-6-5-7-19(18)21/h5-10,13,22,29H,1,11-12,14H2,2-4H3,(H,30,31)(H,32,33)/t22-/m0/s1. The zero-order valence-electron chi connectivity index (χ0n) is 20.4. The number of aromatic amines is 1. The van der Waals surface area contributed by atoms with Gasteiger partial charge >= 0.3 is 11.6 Å². The zero-order valence-corrected chi connectivity index (χ0v) is 20.4. The van der Waals surface area contributed by atoms with E-state index in [1.54, 1.807) is 19.2 Å². The second-order valence-corrected chi connectivity index (χ2v) is 9.07. The molecule has 0 aliphatic heterocycles. The Kier molecular flexibility index (Phi) is 6.96. The molecule has 36 heavy (non-hydrogen) atoms. The summed E-state index contributed by atoms with van der Waals surface area (Å²) in [5, 5.41) is 13.8. The Morgan fingerprint density at radius 1 is 1.22 bits per heavy atom. The molecule has 0 fully saturated rings. The van der Waals surface area contributed by atoms with Crippen LogP contribution in [0.1, 0.15) is 29.2 Å². The molecule has 0 bridgehead atoms. The van der Waals surface area contributed by atoms with Crippen LogP contribution in [0.15, 0.2) is 64.0 Å². The third-order valence-corrected chi connectivity index (χ3v) is 6.03. The first-order valence-corrected chi connectivity index (χ1v) is 11.5. The van der Waals surface area contributed by atoms with Crippen LogP contribution < -0.4 is 15.7 Å². The van der Waals surface area contributed by atoms with E-state index in [2.05, 4.69) is 16.9 Å². The lowest BCUT2D eigenvalue weighted by molar-refractivity contribution is -0.141. The fourth-order valence-electron chi connectivity index (χ4n) is 4.28. The van der Waals surface area contributed by atoms with Crippen molar-refractivity contribution < 1.29 is 23.8 Å². The molecule has 8 nitrogen and oxygen atoms in total.